The van der Waals surface area contributed by atoms with E-state index in [1.54, 1.807) is 17.8 Å². The van der Waals surface area contributed by atoms with E-state index in [1.807, 2.05) is 0 Å². The van der Waals surface area contributed by atoms with Crippen LogP contribution in [-0.4, -0.2) is 190 Å². The molecule has 12 N–H and O–H groups in total. The number of phenolic OH excluding ortho intramolecular Hbond substituents is 1. The third-order valence-corrected chi connectivity index (χ3v) is 21.2. The normalized spacial score (nSPS) is 21.5. The van der Waals surface area contributed by atoms with Gasteiger partial charge in [0, 0.05) is 144 Å². The number of nitrogens with one attached hydrogen (secondary N) is 8. The molecule has 4 aromatic rings. The molecule has 0 spiro atoms. The maximum atomic E-state index is 13.2. The van der Waals surface area contributed by atoms with E-state index < -0.39 is 98.7 Å². The highest BCUT2D eigenvalue weighted by Crippen LogP contribution is 2.46. The van der Waals surface area contributed by atoms with Crippen LogP contribution in [0.1, 0.15) is 115 Å². The van der Waals surface area contributed by atoms with Crippen LogP contribution in [-0.2, 0) is 60.6 Å². The lowest BCUT2D eigenvalue weighted by atomic mass is 9.89. The molecule has 0 saturated carbocycles. The Kier molecular flexibility index (Phi) is 29.1. The number of phenols is 1. The van der Waals surface area contributed by atoms with Crippen molar-refractivity contribution in [3.05, 3.63) is 153 Å². The van der Waals surface area contributed by atoms with E-state index in [2.05, 4.69) is 50.9 Å². The van der Waals surface area contributed by atoms with E-state index in [0.29, 0.717) is 62.0 Å². The number of H-pyrrole nitrogens is 2. The molecular formula is C68H84N10O26P2S. The quantitative estimate of drug-likeness (QED) is 0.00880. The van der Waals surface area contributed by atoms with E-state index in [4.69, 9.17) is 32.4 Å². The number of ether oxygens (including phenoxy) is 4. The minimum absolute atomic E-state index is 0.000395. The Morgan fingerprint density at radius 2 is 1.18 bits per heavy atom. The molecular weight excluding hydrogens is 1470 g/mol. The predicted molar refractivity (Wildman–Crippen MR) is 387 cm³/mol. The fourth-order valence-electron chi connectivity index (χ4n) is 12.3. The molecule has 6 amide bonds. The number of aromatic nitrogens is 4. The maximum Gasteiger partial charge on any atom is 0.472 e. The predicted octanol–water partition coefficient (Wildman–Crippen LogP) is 3.97. The van der Waals surface area contributed by atoms with E-state index >= 15 is 0 Å². The third-order valence-electron chi connectivity index (χ3n) is 17.9. The van der Waals surface area contributed by atoms with Gasteiger partial charge in [-0.05, 0) is 85.9 Å². The zero-order valence-corrected chi connectivity index (χ0v) is 61.2. The molecule has 0 bridgehead atoms. The summed E-state index contributed by atoms with van der Waals surface area (Å²) in [5.41, 5.74) is -1.75. The summed E-state index contributed by atoms with van der Waals surface area (Å²) < 4.78 is 72.5. The number of nitrogens with zero attached hydrogens (tertiary/aromatic N) is 2. The van der Waals surface area contributed by atoms with Crippen LogP contribution in [0, 0.1) is 0 Å². The lowest BCUT2D eigenvalue weighted by Gasteiger charge is -2.18. The van der Waals surface area contributed by atoms with Gasteiger partial charge in [0.1, 0.15) is 41.8 Å². The van der Waals surface area contributed by atoms with Gasteiger partial charge in [0.25, 0.3) is 17.0 Å². The van der Waals surface area contributed by atoms with Gasteiger partial charge in [-0.25, -0.2) is 28.3 Å². The number of aromatic amines is 2. The zero-order chi connectivity index (χ0) is 77.1. The molecule has 4 saturated heterocycles. The molecule has 7 heterocycles. The van der Waals surface area contributed by atoms with Gasteiger partial charge in [0.05, 0.1) is 54.2 Å². The average molecular weight is 1550 g/mol. The Balaban J connectivity index is 0.000000257. The number of methoxy groups -OCH3 is 2. The van der Waals surface area contributed by atoms with Gasteiger partial charge < -0.3 is 75.3 Å². The van der Waals surface area contributed by atoms with Gasteiger partial charge in [-0.1, -0.05) is 25.7 Å². The van der Waals surface area contributed by atoms with Crippen molar-refractivity contribution in [1.82, 2.24) is 51.0 Å². The highest BCUT2D eigenvalue weighted by Gasteiger charge is 2.44. The standard InChI is InChI=1S/C41H43N4O15P.C27H41N6O11PS/c1-56-33-20-36(60-34(33)22-58-61(54,55)57-2)45-21-24(39(50)44-41(45)53)8-14-35(48)42-15-5-3-4-6-16-43-38(49)23-7-11-27(40(51)52)30(17-23)37-28-12-9-25(46)18-31(28)59-32-19-26(47)10-13-29(32)37;1-41-18-11-23(44-19(18)14-43-45(39,40)42-2)33-13-16(25(36)32-27(33)38)7-8-21(34)28-9-5-3-4-6-10-29-22(35)12-20-24-17(15-46-20)30-26(37)31-24/h7-14,17-19,21,33-34,36,46H,3-6,15-16,20,22H2,1-2H3,(H,42,48)(H,43,49)(H,51,52)(H,54,55)(H,44,50,53);7-8,13,17-20,23-24H,3-6,9-12,14-15H2,1-2H3,(H,28,34)(H,29,35)(H,39,40)(H2,30,31,37)(H,32,36,38)/b14-8+;8-7+. The first kappa shape index (κ1) is 81.9. The molecule has 2 aromatic heterocycles. The molecule has 2 aromatic carbocycles. The molecule has 10 rings (SSSR count). The first-order chi connectivity index (χ1) is 51.2. The van der Waals surface area contributed by atoms with Crippen LogP contribution in [0.4, 0.5) is 4.79 Å². The van der Waals surface area contributed by atoms with Crippen molar-refractivity contribution in [1.29, 1.82) is 0 Å². The van der Waals surface area contributed by atoms with E-state index in [-0.39, 0.29) is 106 Å². The Hall–Kier alpha value is -9.20. The highest BCUT2D eigenvalue weighted by molar-refractivity contribution is 8.00. The number of carbonyl (C=O) groups excluding carboxylic acids is 5. The minimum atomic E-state index is -4.29. The molecule has 5 aliphatic heterocycles. The van der Waals surface area contributed by atoms with Crippen molar-refractivity contribution in [2.24, 2.45) is 0 Å². The fourth-order valence-corrected chi connectivity index (χ4v) is 14.7. The number of thioether (sulfide) groups is 1. The number of aromatic carboxylic acids is 1. The number of aromatic hydroxyl groups is 1. The molecule has 6 aliphatic rings. The van der Waals surface area contributed by atoms with Crippen molar-refractivity contribution in [3.63, 3.8) is 0 Å². The number of amides is 6. The topological polar surface area (TPSA) is 503 Å². The number of carboxylic acids is 1. The summed E-state index contributed by atoms with van der Waals surface area (Å²) in [6.45, 7) is 0.946. The second-order valence-corrected chi connectivity index (χ2v) is 29.5. The van der Waals surface area contributed by atoms with Gasteiger partial charge in [-0.15, -0.1) is 0 Å². The number of fused-ring (bicyclic) bond motifs is 3. The molecule has 11 atom stereocenters. The van der Waals surface area contributed by atoms with Crippen molar-refractivity contribution in [2.45, 2.75) is 125 Å². The molecule has 0 radical (unpaired) electrons. The molecule has 1 aliphatic carbocycles. The smallest absolute Gasteiger partial charge is 0.472 e. The third kappa shape index (κ3) is 22.5. The van der Waals surface area contributed by atoms with Gasteiger partial charge in [-0.3, -0.25) is 70.8 Å². The Morgan fingerprint density at radius 3 is 1.70 bits per heavy atom. The van der Waals surface area contributed by atoms with Crippen LogP contribution in [0.3, 0.4) is 0 Å². The van der Waals surface area contributed by atoms with Crippen LogP contribution in [0.25, 0.3) is 45.6 Å². The lowest BCUT2D eigenvalue weighted by Crippen LogP contribution is -2.39. The summed E-state index contributed by atoms with van der Waals surface area (Å²) >= 11 is 1.69. The van der Waals surface area contributed by atoms with Crippen LogP contribution >= 0.6 is 27.4 Å². The van der Waals surface area contributed by atoms with Crippen molar-refractivity contribution >= 4 is 86.2 Å². The Morgan fingerprint density at radius 1 is 0.645 bits per heavy atom. The van der Waals surface area contributed by atoms with Crippen LogP contribution in [0.15, 0.2) is 108 Å². The Labute approximate surface area is 613 Å². The van der Waals surface area contributed by atoms with Crippen LogP contribution in [0.2, 0.25) is 0 Å². The second kappa shape index (κ2) is 38.1. The minimum Gasteiger partial charge on any atom is -0.508 e. The number of hydrogen-bond acceptors (Lipinski definition) is 24. The average Bonchev–Trinajstić information content (AvgIpc) is 1.60. The summed E-state index contributed by atoms with van der Waals surface area (Å²) in [5.74, 6) is -1.67. The number of carboxylic acid groups (broad SMARTS) is 1. The lowest BCUT2D eigenvalue weighted by molar-refractivity contribution is -0.121. The van der Waals surface area contributed by atoms with Crippen LogP contribution < -0.4 is 59.8 Å². The SMILES string of the molecule is COC1CC(n2cc(/C=C/C(=O)NCCCCCCNC(=O)CC3SCC4NC(=O)NC43)c(=O)[nH]c2=O)OC1COP(=O)(O)OC.COC1CC(n2cc(/C=C/C(=O)NCCCCCCNC(=O)c3ccc(C(=O)O)c(-c4c5ccc(=O)cc-5oc5cc(O)ccc45)c3)c(=O)[nH]c2=O)OC1COP(=O)(O)OC. The highest BCUT2D eigenvalue weighted by atomic mass is 32.2. The molecule has 4 fully saturated rings. The summed E-state index contributed by atoms with van der Waals surface area (Å²) in [6, 6.07) is 12.6. The number of rotatable bonds is 35. The van der Waals surface area contributed by atoms with E-state index in [0.717, 1.165) is 73.7 Å². The summed E-state index contributed by atoms with van der Waals surface area (Å²) in [7, 11) is -3.68. The van der Waals surface area contributed by atoms with Gasteiger partial charge >= 0.3 is 39.0 Å². The van der Waals surface area contributed by atoms with E-state index in [1.165, 1.54) is 93.4 Å². The number of phosphoric acid groups is 2. The monoisotopic (exact) mass is 1550 g/mol. The number of benzene rings is 3. The van der Waals surface area contributed by atoms with Crippen molar-refractivity contribution < 1.29 is 99.4 Å². The second-order valence-electron chi connectivity index (χ2n) is 25.1. The summed E-state index contributed by atoms with van der Waals surface area (Å²) in [6.07, 6.45) is 9.45. The number of urea groups is 1. The molecule has 11 unspecified atom stereocenters. The van der Waals surface area contributed by atoms with Gasteiger partial charge in [-0.2, -0.15) is 11.8 Å². The summed E-state index contributed by atoms with van der Waals surface area (Å²) in [4.78, 5) is 160. The number of hydrogen-bond donors (Lipinski definition) is 12. The molecule has 36 nitrogen and oxygen atoms in total. The van der Waals surface area contributed by atoms with Gasteiger partial charge in [0.15, 0.2) is 5.43 Å². The van der Waals surface area contributed by atoms with Crippen molar-refractivity contribution in [2.75, 3.05) is 73.6 Å². The van der Waals surface area contributed by atoms with Crippen LogP contribution in [0.5, 0.6) is 5.75 Å². The Bertz CT molecular complexity index is 4660. The first-order valence-electron chi connectivity index (χ1n) is 34.0. The molecule has 578 valence electrons. The van der Waals surface area contributed by atoms with E-state index in [9.17, 15) is 81.9 Å². The fraction of sp³-hybridized carbons (Fsp3) is 0.456. The summed E-state index contributed by atoms with van der Waals surface area (Å²) in [5, 5.41) is 37.7. The van der Waals surface area contributed by atoms with Gasteiger partial charge in [0.2, 0.25) is 17.7 Å². The zero-order valence-electron chi connectivity index (χ0n) is 58.6. The number of carbonyl (C=O) groups is 6. The largest absolute Gasteiger partial charge is 0.508 e. The van der Waals surface area contributed by atoms with Crippen molar-refractivity contribution in [3.8, 4) is 28.2 Å². The number of phosphoric ester groups is 2. The number of unbranched alkanes of at least 4 members (excludes halogenated alkanes) is 6. The maximum absolute atomic E-state index is 13.2. The molecule has 107 heavy (non-hydrogen) atoms. The molecule has 39 heteroatoms. The first-order valence-corrected chi connectivity index (χ1v) is 38.1.